The molecule has 2 rings (SSSR count). The molecular weight excluding hydrogens is 395 g/mol. The summed E-state index contributed by atoms with van der Waals surface area (Å²) < 4.78 is 7.22. The number of nitrogens with zero attached hydrogens (tertiary/aromatic N) is 4. The van der Waals surface area contributed by atoms with Crippen LogP contribution in [0.3, 0.4) is 0 Å². The average molecular weight is 416 g/mol. The summed E-state index contributed by atoms with van der Waals surface area (Å²) in [5.74, 6) is 2.02. The predicted molar refractivity (Wildman–Crippen MR) is 97.9 cm³/mol. The predicted octanol–water partition coefficient (Wildman–Crippen LogP) is 1.89. The molecule has 22 heavy (non-hydrogen) atoms. The van der Waals surface area contributed by atoms with Gasteiger partial charge in [0.1, 0.15) is 17.9 Å². The topological polar surface area (TPSA) is 90.4 Å². The fourth-order valence-electron chi connectivity index (χ4n) is 1.94. The van der Waals surface area contributed by atoms with E-state index >= 15 is 0 Å². The van der Waals surface area contributed by atoms with Gasteiger partial charge in [0.25, 0.3) is 0 Å². The molecule has 0 bridgehead atoms. The van der Waals surface area contributed by atoms with Crippen LogP contribution in [-0.4, -0.2) is 34.4 Å². The van der Waals surface area contributed by atoms with Crippen LogP contribution >= 0.6 is 24.0 Å². The maximum Gasteiger partial charge on any atom is 0.193 e. The minimum Gasteiger partial charge on any atom is -0.495 e. The molecule has 0 aliphatic carbocycles. The molecule has 0 aliphatic heterocycles. The number of ether oxygens (including phenoxy) is 1. The van der Waals surface area contributed by atoms with Crippen LogP contribution in [0.4, 0.5) is 5.69 Å². The molecule has 8 heteroatoms. The molecule has 3 N–H and O–H groups in total. The Hall–Kier alpha value is -1.84. The first-order valence-electron chi connectivity index (χ1n) is 6.81. The third kappa shape index (κ3) is 4.86. The van der Waals surface area contributed by atoms with Crippen molar-refractivity contribution in [3.8, 4) is 5.75 Å². The van der Waals surface area contributed by atoms with Gasteiger partial charge in [-0.15, -0.1) is 34.2 Å². The molecule has 0 saturated carbocycles. The van der Waals surface area contributed by atoms with E-state index < -0.39 is 0 Å². The maximum absolute atomic E-state index is 5.88. The highest BCUT2D eigenvalue weighted by Crippen LogP contribution is 2.22. The van der Waals surface area contributed by atoms with E-state index in [1.165, 1.54) is 0 Å². The smallest absolute Gasteiger partial charge is 0.193 e. The van der Waals surface area contributed by atoms with Crippen molar-refractivity contribution in [2.45, 2.75) is 19.9 Å². The van der Waals surface area contributed by atoms with Crippen LogP contribution in [0.15, 0.2) is 35.6 Å². The quantitative estimate of drug-likeness (QED) is 0.427. The monoisotopic (exact) mass is 416 g/mol. The van der Waals surface area contributed by atoms with Crippen molar-refractivity contribution >= 4 is 35.6 Å². The summed E-state index contributed by atoms with van der Waals surface area (Å²) in [5.41, 5.74) is 6.67. The number of benzene rings is 1. The zero-order chi connectivity index (χ0) is 15.1. The normalized spacial score (nSPS) is 10.9. The minimum atomic E-state index is 0. The standard InChI is InChI=1S/C14H20N6O.HI/c1-3-13-19-17-10-20(13)9-8-16-14(15)18-11-6-4-5-7-12(11)21-2;/h4-7,10H,3,8-9H2,1-2H3,(H3,15,16,18);1H. The second kappa shape index (κ2) is 9.23. The minimum absolute atomic E-state index is 0. The van der Waals surface area contributed by atoms with Gasteiger partial charge in [0, 0.05) is 13.0 Å². The van der Waals surface area contributed by atoms with Crippen molar-refractivity contribution in [3.05, 3.63) is 36.4 Å². The average Bonchev–Trinajstić information content (AvgIpc) is 2.95. The largest absolute Gasteiger partial charge is 0.495 e. The molecule has 0 fully saturated rings. The number of guanidine groups is 1. The van der Waals surface area contributed by atoms with Gasteiger partial charge in [0.05, 0.1) is 19.3 Å². The van der Waals surface area contributed by atoms with E-state index in [9.17, 15) is 0 Å². The molecule has 7 nitrogen and oxygen atoms in total. The summed E-state index contributed by atoms with van der Waals surface area (Å²) in [6.07, 6.45) is 2.55. The summed E-state index contributed by atoms with van der Waals surface area (Å²) in [7, 11) is 1.62. The number of halogens is 1. The number of rotatable bonds is 6. The number of para-hydroxylation sites is 2. The lowest BCUT2D eigenvalue weighted by Crippen LogP contribution is -2.23. The van der Waals surface area contributed by atoms with Gasteiger partial charge in [-0.25, -0.2) is 0 Å². The van der Waals surface area contributed by atoms with Crippen molar-refractivity contribution in [3.63, 3.8) is 0 Å². The van der Waals surface area contributed by atoms with Crippen molar-refractivity contribution in [2.24, 2.45) is 10.7 Å². The van der Waals surface area contributed by atoms with Crippen LogP contribution in [-0.2, 0) is 13.0 Å². The zero-order valence-electron chi connectivity index (χ0n) is 12.7. The summed E-state index contributed by atoms with van der Waals surface area (Å²) in [4.78, 5) is 4.30. The van der Waals surface area contributed by atoms with E-state index in [-0.39, 0.29) is 24.0 Å². The molecule has 0 radical (unpaired) electrons. The Labute approximate surface area is 147 Å². The Morgan fingerprint density at radius 2 is 2.18 bits per heavy atom. The van der Waals surface area contributed by atoms with Crippen molar-refractivity contribution in [2.75, 3.05) is 19.0 Å². The zero-order valence-corrected chi connectivity index (χ0v) is 15.0. The van der Waals surface area contributed by atoms with Crippen molar-refractivity contribution < 1.29 is 4.74 Å². The number of aromatic nitrogens is 3. The van der Waals surface area contributed by atoms with Crippen LogP contribution in [0.1, 0.15) is 12.7 Å². The number of aryl methyl sites for hydroxylation is 1. The van der Waals surface area contributed by atoms with Gasteiger partial charge >= 0.3 is 0 Å². The van der Waals surface area contributed by atoms with Gasteiger partial charge in [-0.1, -0.05) is 19.1 Å². The first-order chi connectivity index (χ1) is 10.2. The van der Waals surface area contributed by atoms with Crippen molar-refractivity contribution in [1.82, 2.24) is 14.8 Å². The molecule has 0 amide bonds. The number of aliphatic imine (C=N–C) groups is 1. The van der Waals surface area contributed by atoms with Gasteiger partial charge in [0.15, 0.2) is 5.96 Å². The maximum atomic E-state index is 5.88. The van der Waals surface area contributed by atoms with Crippen LogP contribution < -0.4 is 15.8 Å². The fraction of sp³-hybridized carbons (Fsp3) is 0.357. The molecule has 1 heterocycles. The van der Waals surface area contributed by atoms with E-state index in [2.05, 4.69) is 20.5 Å². The molecule has 2 aromatic rings. The lowest BCUT2D eigenvalue weighted by molar-refractivity contribution is 0.417. The molecule has 1 aromatic carbocycles. The Bertz CT molecular complexity index is 613. The molecule has 0 saturated heterocycles. The second-order valence-electron chi connectivity index (χ2n) is 4.39. The van der Waals surface area contributed by atoms with E-state index in [4.69, 9.17) is 10.5 Å². The molecule has 0 spiro atoms. The number of hydrogen-bond donors (Lipinski definition) is 2. The molecule has 0 atom stereocenters. The third-order valence-corrected chi connectivity index (χ3v) is 3.00. The van der Waals surface area contributed by atoms with Crippen molar-refractivity contribution in [1.29, 1.82) is 0 Å². The number of methoxy groups -OCH3 is 1. The summed E-state index contributed by atoms with van der Waals surface area (Å²) in [5, 5.41) is 10.9. The van der Waals surface area contributed by atoms with Crippen LogP contribution in [0, 0.1) is 0 Å². The Balaban J connectivity index is 0.00000242. The summed E-state index contributed by atoms with van der Waals surface area (Å²) >= 11 is 0. The first-order valence-corrected chi connectivity index (χ1v) is 6.81. The molecule has 120 valence electrons. The van der Waals surface area contributed by atoms with Gasteiger partial charge in [0.2, 0.25) is 0 Å². The van der Waals surface area contributed by atoms with Crippen LogP contribution in [0.2, 0.25) is 0 Å². The van der Waals surface area contributed by atoms with Gasteiger partial charge < -0.3 is 20.4 Å². The van der Waals surface area contributed by atoms with Crippen LogP contribution in [0.5, 0.6) is 5.75 Å². The van der Waals surface area contributed by atoms with Crippen LogP contribution in [0.25, 0.3) is 0 Å². The lowest BCUT2D eigenvalue weighted by Gasteiger charge is -2.10. The van der Waals surface area contributed by atoms with Gasteiger partial charge in [-0.05, 0) is 12.1 Å². The van der Waals surface area contributed by atoms with E-state index in [1.807, 2.05) is 35.8 Å². The Morgan fingerprint density at radius 3 is 2.91 bits per heavy atom. The SMILES string of the molecule is CCc1nncn1CCN=C(N)Nc1ccccc1OC.I. The number of nitrogens with two attached hydrogens (primary N) is 1. The molecule has 0 unspecified atom stereocenters. The fourth-order valence-corrected chi connectivity index (χ4v) is 1.94. The number of nitrogens with one attached hydrogen (secondary N) is 1. The third-order valence-electron chi connectivity index (χ3n) is 3.00. The molecule has 0 aliphatic rings. The van der Waals surface area contributed by atoms with E-state index in [0.29, 0.717) is 19.0 Å². The summed E-state index contributed by atoms with van der Waals surface area (Å²) in [6.45, 7) is 3.30. The highest BCUT2D eigenvalue weighted by molar-refractivity contribution is 14.0. The summed E-state index contributed by atoms with van der Waals surface area (Å²) in [6, 6.07) is 7.55. The lowest BCUT2D eigenvalue weighted by atomic mass is 10.3. The Kier molecular flexibility index (Phi) is 7.64. The van der Waals surface area contributed by atoms with Gasteiger partial charge in [-0.2, -0.15) is 0 Å². The number of hydrogen-bond acceptors (Lipinski definition) is 4. The molecular formula is C14H21IN6O. The molecule has 1 aromatic heterocycles. The first kappa shape index (κ1) is 18.2. The number of anilines is 1. The van der Waals surface area contributed by atoms with E-state index in [1.54, 1.807) is 13.4 Å². The Morgan fingerprint density at radius 1 is 1.41 bits per heavy atom. The highest BCUT2D eigenvalue weighted by Gasteiger charge is 2.03. The van der Waals surface area contributed by atoms with Gasteiger partial charge in [-0.3, -0.25) is 4.99 Å². The second-order valence-corrected chi connectivity index (χ2v) is 4.39. The van der Waals surface area contributed by atoms with E-state index in [0.717, 1.165) is 23.7 Å². The highest BCUT2D eigenvalue weighted by atomic mass is 127.